The molecule has 1 fully saturated rings. The van der Waals surface area contributed by atoms with Crippen molar-refractivity contribution in [1.29, 1.82) is 0 Å². The van der Waals surface area contributed by atoms with Gasteiger partial charge in [0.15, 0.2) is 18.1 Å². The summed E-state index contributed by atoms with van der Waals surface area (Å²) in [5, 5.41) is 2.67. The second-order valence-corrected chi connectivity index (χ2v) is 5.04. The highest BCUT2D eigenvalue weighted by Crippen LogP contribution is 2.33. The first-order chi connectivity index (χ1) is 11.5. The summed E-state index contributed by atoms with van der Waals surface area (Å²) < 4.78 is 39.1. The number of halogens is 2. The van der Waals surface area contributed by atoms with E-state index in [0.717, 1.165) is 18.9 Å². The molecule has 0 spiro atoms. The Hall–Kier alpha value is -2.64. The van der Waals surface area contributed by atoms with Crippen LogP contribution in [0.25, 0.3) is 6.08 Å². The summed E-state index contributed by atoms with van der Waals surface area (Å²) in [6.45, 7) is -3.43. The fraction of sp³-hybridized carbons (Fsp3) is 0.375. The van der Waals surface area contributed by atoms with Crippen molar-refractivity contribution in [2.75, 3.05) is 13.7 Å². The smallest absolute Gasteiger partial charge is 0.387 e. The molecule has 0 heterocycles. The lowest BCUT2D eigenvalue weighted by Crippen LogP contribution is -2.30. The van der Waals surface area contributed by atoms with Crippen molar-refractivity contribution < 1.29 is 32.6 Å². The van der Waals surface area contributed by atoms with Crippen LogP contribution >= 0.6 is 0 Å². The van der Waals surface area contributed by atoms with Crippen LogP contribution in [0.1, 0.15) is 18.4 Å². The summed E-state index contributed by atoms with van der Waals surface area (Å²) in [7, 11) is 1.31. The summed E-state index contributed by atoms with van der Waals surface area (Å²) in [6.07, 6.45) is 4.14. The molecule has 24 heavy (non-hydrogen) atoms. The van der Waals surface area contributed by atoms with Gasteiger partial charge in [0.25, 0.3) is 5.91 Å². The molecule has 0 bridgehead atoms. The first-order valence-corrected chi connectivity index (χ1v) is 7.25. The van der Waals surface area contributed by atoms with Crippen LogP contribution in [0.2, 0.25) is 0 Å². The van der Waals surface area contributed by atoms with Crippen molar-refractivity contribution in [1.82, 2.24) is 5.32 Å². The number of hydrogen-bond acceptors (Lipinski definition) is 5. The van der Waals surface area contributed by atoms with E-state index in [9.17, 15) is 18.4 Å². The molecule has 0 unspecified atom stereocenters. The summed E-state index contributed by atoms with van der Waals surface area (Å²) in [5.41, 5.74) is 0.217. The number of rotatable bonds is 8. The maximum absolute atomic E-state index is 12.5. The van der Waals surface area contributed by atoms with Crippen LogP contribution in [0.4, 0.5) is 8.78 Å². The highest BCUT2D eigenvalue weighted by Gasteiger charge is 2.23. The number of carbonyl (C=O) groups excluding carboxylic acids is 2. The Labute approximate surface area is 137 Å². The van der Waals surface area contributed by atoms with E-state index in [1.54, 1.807) is 6.07 Å². The van der Waals surface area contributed by atoms with Crippen molar-refractivity contribution in [2.24, 2.45) is 0 Å². The molecule has 0 atom stereocenters. The van der Waals surface area contributed by atoms with Gasteiger partial charge < -0.3 is 19.5 Å². The molecule has 1 aliphatic carbocycles. The molecule has 1 saturated carbocycles. The molecule has 1 aromatic carbocycles. The molecule has 0 aromatic heterocycles. The fourth-order valence-electron chi connectivity index (χ4n) is 1.88. The minimum atomic E-state index is -3.04. The SMILES string of the molecule is COc1cccc(/C=C/C(=O)OCC(=O)NC2CC2)c1OC(F)F. The Balaban J connectivity index is 1.96. The molecule has 6 nitrogen and oxygen atoms in total. The normalized spacial score (nSPS) is 13.8. The summed E-state index contributed by atoms with van der Waals surface area (Å²) in [6, 6.07) is 4.67. The lowest BCUT2D eigenvalue weighted by atomic mass is 10.1. The van der Waals surface area contributed by atoms with Crippen molar-refractivity contribution in [3.63, 3.8) is 0 Å². The number of benzene rings is 1. The van der Waals surface area contributed by atoms with Gasteiger partial charge in [0.1, 0.15) is 0 Å². The van der Waals surface area contributed by atoms with E-state index in [1.807, 2.05) is 0 Å². The van der Waals surface area contributed by atoms with E-state index >= 15 is 0 Å². The standard InChI is InChI=1S/C16H17F2NO5/c1-22-12-4-2-3-10(15(12)24-16(17)18)5-8-14(21)23-9-13(20)19-11-6-7-11/h2-5,8,11,16H,6-7,9H2,1H3,(H,19,20)/b8-5+. The van der Waals surface area contributed by atoms with Crippen LogP contribution in [-0.2, 0) is 14.3 Å². The zero-order valence-corrected chi connectivity index (χ0v) is 13.0. The number of carbonyl (C=O) groups is 2. The van der Waals surface area contributed by atoms with Gasteiger partial charge in [-0.15, -0.1) is 0 Å². The average Bonchev–Trinajstić information content (AvgIpc) is 3.35. The number of nitrogens with one attached hydrogen (secondary N) is 1. The predicted molar refractivity (Wildman–Crippen MR) is 80.8 cm³/mol. The van der Waals surface area contributed by atoms with Gasteiger partial charge in [-0.25, -0.2) is 4.79 Å². The third kappa shape index (κ3) is 5.53. The number of para-hydroxylation sites is 1. The first-order valence-electron chi connectivity index (χ1n) is 7.25. The Morgan fingerprint density at radius 2 is 2.12 bits per heavy atom. The molecule has 1 N–H and O–H groups in total. The van der Waals surface area contributed by atoms with Gasteiger partial charge in [-0.1, -0.05) is 12.1 Å². The number of alkyl halides is 2. The minimum absolute atomic E-state index is 0.106. The van der Waals surface area contributed by atoms with E-state index in [2.05, 4.69) is 10.1 Å². The van der Waals surface area contributed by atoms with Crippen molar-refractivity contribution in [2.45, 2.75) is 25.5 Å². The van der Waals surface area contributed by atoms with Crippen LogP contribution in [-0.4, -0.2) is 38.2 Å². The maximum Gasteiger partial charge on any atom is 0.387 e. The monoisotopic (exact) mass is 341 g/mol. The third-order valence-electron chi connectivity index (χ3n) is 3.12. The molecule has 1 amide bonds. The van der Waals surface area contributed by atoms with Crippen LogP contribution < -0.4 is 14.8 Å². The number of ether oxygens (including phenoxy) is 3. The maximum atomic E-state index is 12.5. The Kier molecular flexibility index (Phi) is 6.11. The fourth-order valence-corrected chi connectivity index (χ4v) is 1.88. The van der Waals surface area contributed by atoms with E-state index in [4.69, 9.17) is 9.47 Å². The van der Waals surface area contributed by atoms with Crippen LogP contribution in [0.15, 0.2) is 24.3 Å². The Bertz CT molecular complexity index is 629. The largest absolute Gasteiger partial charge is 0.493 e. The van der Waals surface area contributed by atoms with Gasteiger partial charge in [0.2, 0.25) is 0 Å². The zero-order chi connectivity index (χ0) is 17.5. The summed E-state index contributed by atoms with van der Waals surface area (Å²) >= 11 is 0. The molecule has 8 heteroatoms. The summed E-state index contributed by atoms with van der Waals surface area (Å²) in [5.74, 6) is -1.23. The molecular formula is C16H17F2NO5. The molecule has 0 radical (unpaired) electrons. The van der Waals surface area contributed by atoms with Gasteiger partial charge >= 0.3 is 12.6 Å². The van der Waals surface area contributed by atoms with Gasteiger partial charge in [0, 0.05) is 17.7 Å². The van der Waals surface area contributed by atoms with E-state index in [0.29, 0.717) is 0 Å². The van der Waals surface area contributed by atoms with E-state index < -0.39 is 19.2 Å². The molecule has 0 aliphatic heterocycles. The number of hydrogen-bond donors (Lipinski definition) is 1. The molecule has 130 valence electrons. The first kappa shape index (κ1) is 17.7. The number of esters is 1. The molecule has 2 rings (SSSR count). The topological polar surface area (TPSA) is 73.9 Å². The van der Waals surface area contributed by atoms with Gasteiger partial charge in [-0.3, -0.25) is 4.79 Å². The van der Waals surface area contributed by atoms with E-state index in [1.165, 1.54) is 25.3 Å². The van der Waals surface area contributed by atoms with Gasteiger partial charge in [-0.05, 0) is 25.0 Å². The van der Waals surface area contributed by atoms with Crippen LogP contribution in [0.5, 0.6) is 11.5 Å². The summed E-state index contributed by atoms with van der Waals surface area (Å²) in [4.78, 5) is 23.0. The minimum Gasteiger partial charge on any atom is -0.493 e. The van der Waals surface area contributed by atoms with Crippen LogP contribution in [0.3, 0.4) is 0 Å². The molecule has 1 aliphatic rings. The van der Waals surface area contributed by atoms with Crippen molar-refractivity contribution in [3.05, 3.63) is 29.8 Å². The van der Waals surface area contributed by atoms with Gasteiger partial charge in [0.05, 0.1) is 7.11 Å². The quantitative estimate of drug-likeness (QED) is 0.579. The number of amides is 1. The highest BCUT2D eigenvalue weighted by atomic mass is 19.3. The Morgan fingerprint density at radius 1 is 1.38 bits per heavy atom. The van der Waals surface area contributed by atoms with Crippen molar-refractivity contribution >= 4 is 18.0 Å². The highest BCUT2D eigenvalue weighted by molar-refractivity contribution is 5.90. The molecule has 0 saturated heterocycles. The third-order valence-corrected chi connectivity index (χ3v) is 3.12. The zero-order valence-electron chi connectivity index (χ0n) is 13.0. The predicted octanol–water partition coefficient (Wildman–Crippen LogP) is 2.13. The second-order valence-electron chi connectivity index (χ2n) is 5.04. The van der Waals surface area contributed by atoms with Crippen LogP contribution in [0, 0.1) is 0 Å². The van der Waals surface area contributed by atoms with E-state index in [-0.39, 0.29) is 29.0 Å². The molecule has 1 aromatic rings. The van der Waals surface area contributed by atoms with Crippen molar-refractivity contribution in [3.8, 4) is 11.5 Å². The molecular weight excluding hydrogens is 324 g/mol. The van der Waals surface area contributed by atoms with Gasteiger partial charge in [-0.2, -0.15) is 8.78 Å². The second kappa shape index (κ2) is 8.28. The Morgan fingerprint density at radius 3 is 2.75 bits per heavy atom. The lowest BCUT2D eigenvalue weighted by molar-refractivity contribution is -0.143. The number of methoxy groups -OCH3 is 1. The average molecular weight is 341 g/mol. The lowest BCUT2D eigenvalue weighted by Gasteiger charge is -2.12.